The van der Waals surface area contributed by atoms with Gasteiger partial charge >= 0.3 is 12.1 Å². The first-order valence-electron chi connectivity index (χ1n) is 11.8. The second-order valence-corrected chi connectivity index (χ2v) is 9.45. The van der Waals surface area contributed by atoms with E-state index in [1.165, 1.54) is 22.8 Å². The van der Waals surface area contributed by atoms with Gasteiger partial charge in [-0.05, 0) is 60.4 Å². The number of hydrogen-bond acceptors (Lipinski definition) is 4. The number of rotatable bonds is 7. The van der Waals surface area contributed by atoms with Crippen molar-refractivity contribution in [1.29, 1.82) is 0 Å². The molecule has 2 heterocycles. The normalized spacial score (nSPS) is 13.5. The molecule has 4 rings (SSSR count). The van der Waals surface area contributed by atoms with Crippen molar-refractivity contribution in [3.8, 4) is 11.4 Å². The standard InChI is InChI=1S/C27H26F4N4O3/c1-15(2)24(33-26(37)27(29,30)31)25(17-9-16(3)10-19(28)11-17)38-21-6-7-22-18(12-21)13-32-35(22)20-5-8-23(36)34(4)14-20/h5-15,24-25H,1-4H3,(H,33,37)/t24?,25-/m1/s1. The van der Waals surface area contributed by atoms with Gasteiger partial charge in [0.05, 0.1) is 23.4 Å². The third kappa shape index (κ3) is 5.71. The summed E-state index contributed by atoms with van der Waals surface area (Å²) in [5, 5.41) is 7.07. The summed E-state index contributed by atoms with van der Waals surface area (Å²) in [5.74, 6) is -2.89. The topological polar surface area (TPSA) is 78.2 Å². The summed E-state index contributed by atoms with van der Waals surface area (Å²) in [6.45, 7) is 4.94. The summed E-state index contributed by atoms with van der Waals surface area (Å²) in [5.41, 5.74) is 2.01. The average molecular weight is 531 g/mol. The Morgan fingerprint density at radius 2 is 1.82 bits per heavy atom. The minimum atomic E-state index is -5.09. The van der Waals surface area contributed by atoms with Crippen molar-refractivity contribution >= 4 is 16.8 Å². The Morgan fingerprint density at radius 1 is 1.08 bits per heavy atom. The fourth-order valence-electron chi connectivity index (χ4n) is 4.24. The third-order valence-electron chi connectivity index (χ3n) is 6.11. The number of halogens is 4. The van der Waals surface area contributed by atoms with Crippen LogP contribution in [0, 0.1) is 18.7 Å². The molecule has 0 radical (unpaired) electrons. The smallest absolute Gasteiger partial charge is 0.471 e. The minimum absolute atomic E-state index is 0.170. The highest BCUT2D eigenvalue weighted by atomic mass is 19.4. The monoisotopic (exact) mass is 530 g/mol. The van der Waals surface area contributed by atoms with E-state index < -0.39 is 36.0 Å². The van der Waals surface area contributed by atoms with Crippen molar-refractivity contribution in [3.63, 3.8) is 0 Å². The quantitative estimate of drug-likeness (QED) is 0.342. The maximum atomic E-state index is 14.3. The molecule has 0 aliphatic rings. The Kier molecular flexibility index (Phi) is 7.30. The number of ether oxygens (including phenoxy) is 1. The summed E-state index contributed by atoms with van der Waals surface area (Å²) >= 11 is 0. The van der Waals surface area contributed by atoms with Crippen LogP contribution in [0.25, 0.3) is 16.6 Å². The van der Waals surface area contributed by atoms with Crippen LogP contribution in [-0.2, 0) is 11.8 Å². The lowest BCUT2D eigenvalue weighted by atomic mass is 9.92. The first kappa shape index (κ1) is 26.9. The Bertz CT molecular complexity index is 1520. The number of aromatic nitrogens is 3. The third-order valence-corrected chi connectivity index (χ3v) is 6.11. The van der Waals surface area contributed by atoms with E-state index in [1.54, 1.807) is 75.2 Å². The van der Waals surface area contributed by atoms with Gasteiger partial charge in [-0.25, -0.2) is 9.07 Å². The van der Waals surface area contributed by atoms with Crippen LogP contribution in [0.3, 0.4) is 0 Å². The molecule has 4 aromatic rings. The number of amides is 1. The van der Waals surface area contributed by atoms with Crippen LogP contribution in [0.5, 0.6) is 5.75 Å². The van der Waals surface area contributed by atoms with Crippen molar-refractivity contribution in [2.75, 3.05) is 0 Å². The second-order valence-electron chi connectivity index (χ2n) is 9.45. The van der Waals surface area contributed by atoms with Gasteiger partial charge in [-0.2, -0.15) is 18.3 Å². The Morgan fingerprint density at radius 3 is 2.45 bits per heavy atom. The van der Waals surface area contributed by atoms with Crippen LogP contribution in [0.2, 0.25) is 0 Å². The number of carbonyl (C=O) groups is 1. The fourth-order valence-corrected chi connectivity index (χ4v) is 4.24. The van der Waals surface area contributed by atoms with E-state index in [0.717, 1.165) is 0 Å². The zero-order chi connectivity index (χ0) is 27.8. The number of nitrogens with one attached hydrogen (secondary N) is 1. The maximum Gasteiger partial charge on any atom is 0.471 e. The highest BCUT2D eigenvalue weighted by molar-refractivity contribution is 5.82. The van der Waals surface area contributed by atoms with Crippen molar-refractivity contribution in [1.82, 2.24) is 19.7 Å². The molecule has 1 N–H and O–H groups in total. The highest BCUT2D eigenvalue weighted by Crippen LogP contribution is 2.32. The van der Waals surface area contributed by atoms with Crippen molar-refractivity contribution in [2.45, 2.75) is 39.1 Å². The number of benzene rings is 2. The van der Waals surface area contributed by atoms with Crippen LogP contribution in [0.15, 0.2) is 65.7 Å². The van der Waals surface area contributed by atoms with Gasteiger partial charge in [-0.3, -0.25) is 9.59 Å². The molecule has 200 valence electrons. The van der Waals surface area contributed by atoms with Crippen molar-refractivity contribution in [2.24, 2.45) is 13.0 Å². The van der Waals surface area contributed by atoms with Gasteiger partial charge in [0.15, 0.2) is 0 Å². The van der Waals surface area contributed by atoms with E-state index in [9.17, 15) is 27.2 Å². The molecule has 0 saturated carbocycles. The molecule has 2 atom stereocenters. The zero-order valence-corrected chi connectivity index (χ0v) is 21.1. The summed E-state index contributed by atoms with van der Waals surface area (Å²) < 4.78 is 62.9. The van der Waals surface area contributed by atoms with Crippen LogP contribution in [0.1, 0.15) is 31.1 Å². The Hall–Kier alpha value is -4.15. The number of alkyl halides is 3. The van der Waals surface area contributed by atoms with Crippen LogP contribution < -0.4 is 15.6 Å². The van der Waals surface area contributed by atoms with E-state index in [-0.39, 0.29) is 16.9 Å². The Balaban J connectivity index is 1.74. The molecular formula is C27H26F4N4O3. The summed E-state index contributed by atoms with van der Waals surface area (Å²) in [6.07, 6.45) is -3.01. The predicted molar refractivity (Wildman–Crippen MR) is 134 cm³/mol. The SMILES string of the molecule is Cc1cc(F)cc([C@@H](Oc2ccc3c(cnn3-c3ccc(=O)n(C)c3)c2)C(NC(=O)C(F)(F)F)C(C)C)c1. The van der Waals surface area contributed by atoms with E-state index in [0.29, 0.717) is 22.2 Å². The van der Waals surface area contributed by atoms with Gasteiger partial charge in [0, 0.05) is 24.7 Å². The van der Waals surface area contributed by atoms with Gasteiger partial charge in [0.2, 0.25) is 5.56 Å². The lowest BCUT2D eigenvalue weighted by Gasteiger charge is -2.32. The van der Waals surface area contributed by atoms with Crippen LogP contribution >= 0.6 is 0 Å². The first-order chi connectivity index (χ1) is 17.8. The highest BCUT2D eigenvalue weighted by Gasteiger charge is 2.42. The molecule has 0 aliphatic heterocycles. The first-order valence-corrected chi connectivity index (χ1v) is 11.8. The maximum absolute atomic E-state index is 14.3. The molecule has 1 amide bonds. The number of aryl methyl sites for hydroxylation is 2. The Labute approximate surface area is 215 Å². The van der Waals surface area contributed by atoms with Crippen LogP contribution in [0.4, 0.5) is 17.6 Å². The molecule has 0 bridgehead atoms. The molecule has 11 heteroatoms. The summed E-state index contributed by atoms with van der Waals surface area (Å²) in [7, 11) is 1.63. The van der Waals surface area contributed by atoms with E-state index >= 15 is 0 Å². The molecule has 2 aromatic carbocycles. The van der Waals surface area contributed by atoms with Crippen molar-refractivity contribution in [3.05, 3.63) is 88.2 Å². The lowest BCUT2D eigenvalue weighted by molar-refractivity contribution is -0.175. The summed E-state index contributed by atoms with van der Waals surface area (Å²) in [6, 6.07) is 11.0. The van der Waals surface area contributed by atoms with Crippen molar-refractivity contribution < 1.29 is 27.1 Å². The van der Waals surface area contributed by atoms with Gasteiger partial charge in [-0.15, -0.1) is 0 Å². The predicted octanol–water partition coefficient (Wildman–Crippen LogP) is 4.99. The second kappa shape index (κ2) is 10.3. The van der Waals surface area contributed by atoms with E-state index in [2.05, 4.69) is 5.10 Å². The number of pyridine rings is 1. The molecule has 0 saturated heterocycles. The lowest BCUT2D eigenvalue weighted by Crippen LogP contribution is -2.49. The molecule has 1 unspecified atom stereocenters. The minimum Gasteiger partial charge on any atom is -0.484 e. The van der Waals surface area contributed by atoms with Crippen LogP contribution in [-0.4, -0.2) is 32.5 Å². The molecule has 2 aromatic heterocycles. The number of hydrogen-bond donors (Lipinski definition) is 1. The average Bonchev–Trinajstić information content (AvgIpc) is 3.24. The number of fused-ring (bicyclic) bond motifs is 1. The van der Waals surface area contributed by atoms with Gasteiger partial charge in [0.25, 0.3) is 0 Å². The van der Waals surface area contributed by atoms with Gasteiger partial charge < -0.3 is 14.6 Å². The molecular weight excluding hydrogens is 504 g/mol. The number of carbonyl (C=O) groups excluding carboxylic acids is 1. The van der Waals surface area contributed by atoms with Gasteiger partial charge in [-0.1, -0.05) is 19.9 Å². The largest absolute Gasteiger partial charge is 0.484 e. The van der Waals surface area contributed by atoms with E-state index in [1.807, 2.05) is 5.32 Å². The fraction of sp³-hybridized carbons (Fsp3) is 0.296. The molecule has 0 fully saturated rings. The molecule has 0 aliphatic carbocycles. The zero-order valence-electron chi connectivity index (χ0n) is 21.1. The molecule has 0 spiro atoms. The summed E-state index contributed by atoms with van der Waals surface area (Å²) in [4.78, 5) is 23.6. The van der Waals surface area contributed by atoms with E-state index in [4.69, 9.17) is 4.74 Å². The molecule has 7 nitrogen and oxygen atoms in total. The molecule has 38 heavy (non-hydrogen) atoms. The van der Waals surface area contributed by atoms with Gasteiger partial charge in [0.1, 0.15) is 17.7 Å². The number of nitrogens with zero attached hydrogens (tertiary/aromatic N) is 3.